The quantitative estimate of drug-likeness (QED) is 0.490. The molecule has 0 saturated carbocycles. The van der Waals surface area contributed by atoms with E-state index in [1.807, 2.05) is 6.26 Å². The number of amides is 1. The van der Waals surface area contributed by atoms with Crippen LogP contribution < -0.4 is 11.1 Å². The van der Waals surface area contributed by atoms with Crippen LogP contribution in [0.3, 0.4) is 0 Å². The SMILES string of the molecule is CCOC(=O)CNC(=O)[C@@H](N)CSSC. The van der Waals surface area contributed by atoms with Crippen molar-refractivity contribution in [2.45, 2.75) is 13.0 Å². The minimum Gasteiger partial charge on any atom is -0.465 e. The molecule has 5 nitrogen and oxygen atoms in total. The average molecular weight is 252 g/mol. The van der Waals surface area contributed by atoms with Crippen molar-refractivity contribution in [3.63, 3.8) is 0 Å². The Morgan fingerprint density at radius 2 is 2.20 bits per heavy atom. The van der Waals surface area contributed by atoms with Gasteiger partial charge in [0.1, 0.15) is 6.54 Å². The molecule has 0 saturated heterocycles. The molecule has 0 aromatic rings. The van der Waals surface area contributed by atoms with Crippen molar-refractivity contribution in [2.75, 3.05) is 25.2 Å². The molecule has 0 aliphatic heterocycles. The van der Waals surface area contributed by atoms with Gasteiger partial charge in [0.25, 0.3) is 0 Å². The Kier molecular flexibility index (Phi) is 8.64. The molecule has 0 spiro atoms. The number of ether oxygens (including phenoxy) is 1. The Bertz CT molecular complexity index is 214. The van der Waals surface area contributed by atoms with Crippen LogP contribution >= 0.6 is 21.6 Å². The van der Waals surface area contributed by atoms with E-state index in [0.29, 0.717) is 12.4 Å². The second kappa shape index (κ2) is 8.87. The number of hydrogen-bond acceptors (Lipinski definition) is 6. The minimum absolute atomic E-state index is 0.121. The van der Waals surface area contributed by atoms with Crippen LogP contribution in [0.5, 0.6) is 0 Å². The van der Waals surface area contributed by atoms with Crippen LogP contribution in [0, 0.1) is 0 Å². The maximum Gasteiger partial charge on any atom is 0.325 e. The van der Waals surface area contributed by atoms with Crippen molar-refractivity contribution in [1.29, 1.82) is 0 Å². The summed E-state index contributed by atoms with van der Waals surface area (Å²) in [6.07, 6.45) is 1.91. The first kappa shape index (κ1) is 14.6. The van der Waals surface area contributed by atoms with Gasteiger partial charge in [0.2, 0.25) is 5.91 Å². The Balaban J connectivity index is 3.68. The number of nitrogens with two attached hydrogens (primary N) is 1. The first-order valence-corrected chi connectivity index (χ1v) is 7.19. The van der Waals surface area contributed by atoms with Crippen LogP contribution in [-0.4, -0.2) is 43.1 Å². The van der Waals surface area contributed by atoms with E-state index < -0.39 is 12.0 Å². The highest BCUT2D eigenvalue weighted by Gasteiger charge is 2.14. The van der Waals surface area contributed by atoms with Gasteiger partial charge in [-0.2, -0.15) is 0 Å². The smallest absolute Gasteiger partial charge is 0.325 e. The lowest BCUT2D eigenvalue weighted by molar-refractivity contribution is -0.143. The molecular formula is C8H16N2O3S2. The molecule has 0 unspecified atom stereocenters. The Labute approximate surface area is 97.3 Å². The van der Waals surface area contributed by atoms with Gasteiger partial charge in [-0.25, -0.2) is 0 Å². The van der Waals surface area contributed by atoms with Crippen molar-refractivity contribution in [3.8, 4) is 0 Å². The Morgan fingerprint density at radius 1 is 1.53 bits per heavy atom. The fraction of sp³-hybridized carbons (Fsp3) is 0.750. The zero-order valence-corrected chi connectivity index (χ0v) is 10.5. The van der Waals surface area contributed by atoms with Gasteiger partial charge in [-0.3, -0.25) is 9.59 Å². The molecule has 0 aliphatic rings. The summed E-state index contributed by atoms with van der Waals surface area (Å²) in [5.74, 6) is -0.254. The van der Waals surface area contributed by atoms with Crippen LogP contribution in [-0.2, 0) is 14.3 Å². The molecule has 0 rings (SSSR count). The topological polar surface area (TPSA) is 81.4 Å². The van der Waals surface area contributed by atoms with Crippen molar-refractivity contribution < 1.29 is 14.3 Å². The lowest BCUT2D eigenvalue weighted by atomic mass is 10.3. The Morgan fingerprint density at radius 3 is 2.73 bits per heavy atom. The van der Waals surface area contributed by atoms with Gasteiger partial charge >= 0.3 is 5.97 Å². The van der Waals surface area contributed by atoms with Gasteiger partial charge in [-0.1, -0.05) is 21.6 Å². The molecule has 88 valence electrons. The maximum absolute atomic E-state index is 11.3. The third-order valence-electron chi connectivity index (χ3n) is 1.41. The standard InChI is InChI=1S/C8H16N2O3S2/c1-3-13-7(11)4-10-8(12)6(9)5-15-14-2/h6H,3-5,9H2,1-2H3,(H,10,12)/t6-/m0/s1. The van der Waals surface area contributed by atoms with E-state index in [2.05, 4.69) is 10.1 Å². The molecule has 0 fully saturated rings. The van der Waals surface area contributed by atoms with E-state index in [1.54, 1.807) is 17.7 Å². The van der Waals surface area contributed by atoms with Gasteiger partial charge in [-0.05, 0) is 13.2 Å². The van der Waals surface area contributed by atoms with Crippen LogP contribution in [0.25, 0.3) is 0 Å². The molecule has 1 amide bonds. The van der Waals surface area contributed by atoms with Gasteiger partial charge in [0.15, 0.2) is 0 Å². The highest BCUT2D eigenvalue weighted by Crippen LogP contribution is 2.16. The Hall–Kier alpha value is -0.400. The largest absolute Gasteiger partial charge is 0.465 e. The third-order valence-corrected chi connectivity index (χ3v) is 3.26. The first-order valence-electron chi connectivity index (χ1n) is 4.46. The van der Waals surface area contributed by atoms with E-state index >= 15 is 0 Å². The van der Waals surface area contributed by atoms with E-state index in [0.717, 1.165) is 0 Å². The summed E-state index contributed by atoms with van der Waals surface area (Å²) in [7, 11) is 3.05. The summed E-state index contributed by atoms with van der Waals surface area (Å²) in [6, 6.07) is -0.586. The summed E-state index contributed by atoms with van der Waals surface area (Å²) in [4.78, 5) is 22.2. The monoisotopic (exact) mass is 252 g/mol. The zero-order valence-electron chi connectivity index (χ0n) is 8.82. The maximum atomic E-state index is 11.3. The molecule has 15 heavy (non-hydrogen) atoms. The van der Waals surface area contributed by atoms with Crippen LogP contribution in [0.4, 0.5) is 0 Å². The summed E-state index contributed by atoms with van der Waals surface area (Å²) >= 11 is 0. The summed E-state index contributed by atoms with van der Waals surface area (Å²) in [5, 5.41) is 2.41. The van der Waals surface area contributed by atoms with Gasteiger partial charge < -0.3 is 15.8 Å². The van der Waals surface area contributed by atoms with Crippen molar-refractivity contribution >= 4 is 33.5 Å². The lowest BCUT2D eigenvalue weighted by Crippen LogP contribution is -2.44. The van der Waals surface area contributed by atoms with E-state index in [4.69, 9.17) is 5.73 Å². The summed E-state index contributed by atoms with van der Waals surface area (Å²) < 4.78 is 4.65. The first-order chi connectivity index (χ1) is 7.11. The molecule has 0 aromatic heterocycles. The highest BCUT2D eigenvalue weighted by molar-refractivity contribution is 8.76. The number of esters is 1. The van der Waals surface area contributed by atoms with Crippen LogP contribution in [0.15, 0.2) is 0 Å². The van der Waals surface area contributed by atoms with Gasteiger partial charge in [0, 0.05) is 5.75 Å². The average Bonchev–Trinajstić information content (AvgIpc) is 2.22. The number of hydrogen-bond donors (Lipinski definition) is 2. The van der Waals surface area contributed by atoms with Gasteiger partial charge in [0.05, 0.1) is 12.6 Å². The lowest BCUT2D eigenvalue weighted by Gasteiger charge is -2.10. The van der Waals surface area contributed by atoms with E-state index in [9.17, 15) is 9.59 Å². The molecule has 7 heteroatoms. The van der Waals surface area contributed by atoms with E-state index in [1.165, 1.54) is 10.8 Å². The predicted molar refractivity (Wildman–Crippen MR) is 63.6 cm³/mol. The van der Waals surface area contributed by atoms with E-state index in [-0.39, 0.29) is 12.5 Å². The number of rotatable bonds is 7. The molecule has 0 aromatic carbocycles. The molecule has 0 heterocycles. The minimum atomic E-state index is -0.586. The second-order valence-corrected chi connectivity index (χ2v) is 5.19. The zero-order chi connectivity index (χ0) is 11.7. The summed E-state index contributed by atoms with van der Waals surface area (Å²) in [6.45, 7) is 1.90. The molecule has 0 aliphatic carbocycles. The van der Waals surface area contributed by atoms with Crippen molar-refractivity contribution in [1.82, 2.24) is 5.32 Å². The van der Waals surface area contributed by atoms with Crippen molar-refractivity contribution in [2.24, 2.45) is 5.73 Å². The predicted octanol–water partition coefficient (Wildman–Crippen LogP) is 0.00420. The second-order valence-electron chi connectivity index (χ2n) is 2.58. The molecule has 3 N–H and O–H groups in total. The van der Waals surface area contributed by atoms with Crippen LogP contribution in [0.1, 0.15) is 6.92 Å². The number of nitrogens with one attached hydrogen (secondary N) is 1. The molecule has 1 atom stereocenters. The third kappa shape index (κ3) is 7.52. The molecule has 0 radical (unpaired) electrons. The highest BCUT2D eigenvalue weighted by atomic mass is 33.1. The fourth-order valence-corrected chi connectivity index (χ4v) is 2.00. The normalized spacial score (nSPS) is 11.9. The fourth-order valence-electron chi connectivity index (χ4n) is 0.719. The van der Waals surface area contributed by atoms with Gasteiger partial charge in [-0.15, -0.1) is 0 Å². The number of carbonyl (C=O) groups excluding carboxylic acids is 2. The van der Waals surface area contributed by atoms with Crippen LogP contribution in [0.2, 0.25) is 0 Å². The molecule has 0 bridgehead atoms. The summed E-state index contributed by atoms with van der Waals surface area (Å²) in [5.41, 5.74) is 5.57. The number of carbonyl (C=O) groups is 2. The molecular weight excluding hydrogens is 236 g/mol. The van der Waals surface area contributed by atoms with Crippen molar-refractivity contribution in [3.05, 3.63) is 0 Å².